The molecule has 0 aromatic heterocycles. The normalized spacial score (nSPS) is 28.3. The minimum absolute atomic E-state index is 0.0584. The van der Waals surface area contributed by atoms with Crippen molar-refractivity contribution in [3.05, 3.63) is 23.8 Å². The Kier molecular flexibility index (Phi) is 5.61. The Bertz CT molecular complexity index is 649. The second kappa shape index (κ2) is 7.74. The summed E-state index contributed by atoms with van der Waals surface area (Å²) in [6, 6.07) is 6.57. The van der Waals surface area contributed by atoms with E-state index < -0.39 is 6.16 Å². The van der Waals surface area contributed by atoms with E-state index in [1.54, 1.807) is 21.1 Å². The largest absolute Gasteiger partial charge is 0.508 e. The second-order valence-electron chi connectivity index (χ2n) is 7.17. The van der Waals surface area contributed by atoms with Crippen LogP contribution in [0.25, 0.3) is 0 Å². The number of likely N-dealkylation sites (N-methyl/N-ethyl adjacent to an activating group) is 1. The van der Waals surface area contributed by atoms with Crippen LogP contribution in [0.1, 0.15) is 38.2 Å². The summed E-state index contributed by atoms with van der Waals surface area (Å²) in [5.74, 6) is 1.51. The van der Waals surface area contributed by atoms with Gasteiger partial charge in [-0.1, -0.05) is 6.07 Å². The molecule has 0 amide bonds. The van der Waals surface area contributed by atoms with Crippen LogP contribution in [0.2, 0.25) is 0 Å². The van der Waals surface area contributed by atoms with Gasteiger partial charge in [0.05, 0.1) is 20.8 Å². The van der Waals surface area contributed by atoms with Crippen LogP contribution in [-0.2, 0) is 14.9 Å². The third-order valence-corrected chi connectivity index (χ3v) is 5.96. The fourth-order valence-electron chi connectivity index (χ4n) is 4.62. The number of rotatable bonds is 5. The predicted molar refractivity (Wildman–Crippen MR) is 98.0 cm³/mol. The summed E-state index contributed by atoms with van der Waals surface area (Å²) in [6.07, 6.45) is 3.09. The van der Waals surface area contributed by atoms with Gasteiger partial charge in [-0.05, 0) is 57.5 Å². The van der Waals surface area contributed by atoms with E-state index >= 15 is 0 Å². The zero-order valence-electron chi connectivity index (χ0n) is 16.1. The van der Waals surface area contributed by atoms with E-state index in [1.165, 1.54) is 5.56 Å². The Hall–Kier alpha value is -1.95. The number of ether oxygens (including phenoxy) is 4. The first kappa shape index (κ1) is 18.8. The van der Waals surface area contributed by atoms with Crippen molar-refractivity contribution in [2.75, 3.05) is 34.4 Å². The number of likely N-dealkylation sites (tertiary alicyclic amines) is 1. The number of carbonyl (C=O) groups is 1. The molecule has 2 aliphatic rings. The Morgan fingerprint density at radius 3 is 2.69 bits per heavy atom. The van der Waals surface area contributed by atoms with Crippen LogP contribution in [0.4, 0.5) is 4.79 Å². The summed E-state index contributed by atoms with van der Waals surface area (Å²) < 4.78 is 21.4. The summed E-state index contributed by atoms with van der Waals surface area (Å²) in [6.45, 7) is 3.16. The van der Waals surface area contributed by atoms with Gasteiger partial charge in [0.25, 0.3) is 0 Å². The van der Waals surface area contributed by atoms with Crippen LogP contribution in [0.15, 0.2) is 18.2 Å². The number of nitrogens with zero attached hydrogens (tertiary/aromatic N) is 1. The first-order chi connectivity index (χ1) is 12.5. The van der Waals surface area contributed by atoms with Crippen molar-refractivity contribution >= 4 is 6.16 Å². The van der Waals surface area contributed by atoms with Gasteiger partial charge >= 0.3 is 6.16 Å². The molecule has 26 heavy (non-hydrogen) atoms. The van der Waals surface area contributed by atoms with E-state index in [2.05, 4.69) is 24.1 Å². The summed E-state index contributed by atoms with van der Waals surface area (Å²) in [5.41, 5.74) is 1.34. The first-order valence-corrected chi connectivity index (χ1v) is 9.30. The maximum atomic E-state index is 11.7. The maximum Gasteiger partial charge on any atom is 0.508 e. The van der Waals surface area contributed by atoms with Gasteiger partial charge in [-0.25, -0.2) is 4.79 Å². The Morgan fingerprint density at radius 1 is 1.23 bits per heavy atom. The highest BCUT2D eigenvalue weighted by Crippen LogP contribution is 2.50. The molecule has 0 radical (unpaired) electrons. The monoisotopic (exact) mass is 363 g/mol. The third-order valence-electron chi connectivity index (χ3n) is 5.96. The molecule has 3 atom stereocenters. The molecule has 1 saturated heterocycles. The number of fused-ring (bicyclic) bond motifs is 1. The summed E-state index contributed by atoms with van der Waals surface area (Å²) in [5, 5.41) is 0. The van der Waals surface area contributed by atoms with Crippen LogP contribution >= 0.6 is 0 Å². The molecule has 0 unspecified atom stereocenters. The Balaban J connectivity index is 1.84. The molecule has 6 heteroatoms. The van der Waals surface area contributed by atoms with Gasteiger partial charge < -0.3 is 23.8 Å². The summed E-state index contributed by atoms with van der Waals surface area (Å²) in [7, 11) is 5.47. The molecule has 3 rings (SSSR count). The van der Waals surface area contributed by atoms with Gasteiger partial charge in [-0.3, -0.25) is 0 Å². The van der Waals surface area contributed by atoms with Crippen molar-refractivity contribution in [1.82, 2.24) is 4.90 Å². The van der Waals surface area contributed by atoms with Crippen molar-refractivity contribution < 1.29 is 23.7 Å². The van der Waals surface area contributed by atoms with E-state index in [0.717, 1.165) is 43.7 Å². The Morgan fingerprint density at radius 2 is 2.00 bits per heavy atom. The molecule has 1 heterocycles. The highest BCUT2D eigenvalue weighted by molar-refractivity contribution is 5.60. The van der Waals surface area contributed by atoms with Crippen molar-refractivity contribution in [2.24, 2.45) is 0 Å². The molecule has 144 valence electrons. The molecule has 0 bridgehead atoms. The molecular formula is C20H29NO5. The van der Waals surface area contributed by atoms with Crippen LogP contribution in [0.3, 0.4) is 0 Å². The van der Waals surface area contributed by atoms with Crippen LogP contribution in [0, 0.1) is 0 Å². The molecule has 0 N–H and O–H groups in total. The lowest BCUT2D eigenvalue weighted by molar-refractivity contribution is -0.00820. The molecule has 1 aromatic carbocycles. The molecule has 6 nitrogen and oxygen atoms in total. The minimum atomic E-state index is -0.559. The maximum absolute atomic E-state index is 11.7. The molecular weight excluding hydrogens is 334 g/mol. The fraction of sp³-hybridized carbons (Fsp3) is 0.650. The summed E-state index contributed by atoms with van der Waals surface area (Å²) in [4.78, 5) is 14.1. The quantitative estimate of drug-likeness (QED) is 0.748. The van der Waals surface area contributed by atoms with E-state index in [9.17, 15) is 4.79 Å². The Labute approximate surface area is 155 Å². The minimum Gasteiger partial charge on any atom is -0.493 e. The van der Waals surface area contributed by atoms with E-state index in [4.69, 9.17) is 18.9 Å². The van der Waals surface area contributed by atoms with E-state index in [0.29, 0.717) is 12.6 Å². The van der Waals surface area contributed by atoms with Gasteiger partial charge in [0.1, 0.15) is 6.10 Å². The number of benzene rings is 1. The van der Waals surface area contributed by atoms with Crippen molar-refractivity contribution in [3.8, 4) is 11.5 Å². The van der Waals surface area contributed by atoms with Crippen molar-refractivity contribution in [2.45, 2.75) is 50.2 Å². The van der Waals surface area contributed by atoms with Gasteiger partial charge in [-0.15, -0.1) is 0 Å². The van der Waals surface area contributed by atoms with Gasteiger partial charge in [0.2, 0.25) is 0 Å². The van der Waals surface area contributed by atoms with E-state index in [1.807, 2.05) is 6.07 Å². The molecule has 1 aliphatic carbocycles. The molecule has 1 aromatic rings. The zero-order valence-corrected chi connectivity index (χ0v) is 16.1. The number of hydrogen-bond donors (Lipinski definition) is 0. The lowest BCUT2D eigenvalue weighted by Gasteiger charge is -2.44. The van der Waals surface area contributed by atoms with Crippen molar-refractivity contribution in [3.63, 3.8) is 0 Å². The highest BCUT2D eigenvalue weighted by Gasteiger charge is 2.51. The molecule has 2 fully saturated rings. The van der Waals surface area contributed by atoms with Gasteiger partial charge in [0.15, 0.2) is 11.5 Å². The second-order valence-corrected chi connectivity index (χ2v) is 7.17. The first-order valence-electron chi connectivity index (χ1n) is 9.30. The van der Waals surface area contributed by atoms with Crippen LogP contribution < -0.4 is 9.47 Å². The van der Waals surface area contributed by atoms with Crippen LogP contribution in [-0.4, -0.2) is 57.6 Å². The smallest absolute Gasteiger partial charge is 0.493 e. The summed E-state index contributed by atoms with van der Waals surface area (Å²) >= 11 is 0. The number of carbonyl (C=O) groups excluding carboxylic acids is 1. The molecule has 0 spiro atoms. The average Bonchev–Trinajstić information content (AvgIpc) is 2.99. The standard InChI is InChI=1S/C20H29NO5/c1-5-25-19(22)26-15-8-9-20(10-11-21(2)18(20)13-15)14-6-7-16(23-3)17(12-14)24-4/h6-7,12,15,18H,5,8-11,13H2,1-4H3/t15-,18+,20+/m1/s1. The number of hydrogen-bond acceptors (Lipinski definition) is 6. The lowest BCUT2D eigenvalue weighted by Crippen LogP contribution is -2.48. The number of methoxy groups -OCH3 is 2. The SMILES string of the molecule is CCOC(=O)O[C@@H]1CC[C@@]2(c3ccc(OC)c(OC)c3)CCN(C)[C@H]2C1. The predicted octanol–water partition coefficient (Wildman–Crippen LogP) is 3.37. The van der Waals surface area contributed by atoms with E-state index in [-0.39, 0.29) is 11.5 Å². The van der Waals surface area contributed by atoms with Gasteiger partial charge in [0, 0.05) is 17.9 Å². The lowest BCUT2D eigenvalue weighted by atomic mass is 9.65. The van der Waals surface area contributed by atoms with Crippen molar-refractivity contribution in [1.29, 1.82) is 0 Å². The van der Waals surface area contributed by atoms with Crippen LogP contribution in [0.5, 0.6) is 11.5 Å². The fourth-order valence-corrected chi connectivity index (χ4v) is 4.62. The molecule has 1 saturated carbocycles. The highest BCUT2D eigenvalue weighted by atomic mass is 16.7. The molecule has 1 aliphatic heterocycles. The van der Waals surface area contributed by atoms with Gasteiger partial charge in [-0.2, -0.15) is 0 Å². The third kappa shape index (κ3) is 3.34. The zero-order chi connectivity index (χ0) is 18.7. The topological polar surface area (TPSA) is 57.2 Å². The average molecular weight is 363 g/mol.